The summed E-state index contributed by atoms with van der Waals surface area (Å²) in [5.74, 6) is -0.254. The average molecular weight is 299 g/mol. The maximum atomic E-state index is 12.1. The molecule has 0 aliphatic carbocycles. The van der Waals surface area contributed by atoms with E-state index in [9.17, 15) is 9.59 Å². The van der Waals surface area contributed by atoms with Gasteiger partial charge >= 0.3 is 0 Å². The molecule has 6 nitrogen and oxygen atoms in total. The highest BCUT2D eigenvalue weighted by Crippen LogP contribution is 2.19. The quantitative estimate of drug-likeness (QED) is 0.900. The van der Waals surface area contributed by atoms with Crippen molar-refractivity contribution in [3.8, 4) is 0 Å². The van der Waals surface area contributed by atoms with E-state index in [2.05, 4.69) is 15.2 Å². The van der Waals surface area contributed by atoms with E-state index in [1.165, 1.54) is 18.3 Å². The van der Waals surface area contributed by atoms with Crippen molar-refractivity contribution in [3.05, 3.63) is 58.5 Å². The van der Waals surface area contributed by atoms with Gasteiger partial charge in [-0.1, -0.05) is 0 Å². The molecule has 0 saturated carbocycles. The molecule has 2 heterocycles. The monoisotopic (exact) mass is 299 g/mol. The van der Waals surface area contributed by atoms with E-state index < -0.39 is 0 Å². The minimum Gasteiger partial charge on any atom is -0.378 e. The van der Waals surface area contributed by atoms with E-state index in [0.717, 1.165) is 32.0 Å². The summed E-state index contributed by atoms with van der Waals surface area (Å²) in [5.41, 5.74) is 2.02. The van der Waals surface area contributed by atoms with Crippen molar-refractivity contribution in [2.75, 3.05) is 36.5 Å². The van der Waals surface area contributed by atoms with Crippen LogP contribution >= 0.6 is 0 Å². The summed E-state index contributed by atoms with van der Waals surface area (Å²) in [6, 6.07) is 10.5. The summed E-state index contributed by atoms with van der Waals surface area (Å²) >= 11 is 0. The standard InChI is InChI=1S/C16H17N3O3/c20-15-6-1-12(11-17-15)16(21)18-13-2-4-14(5-3-13)19-7-9-22-10-8-19/h1-6,11H,7-10H2,(H,17,20)(H,18,21). The van der Waals surface area contributed by atoms with E-state index >= 15 is 0 Å². The minimum absolute atomic E-state index is 0.230. The Morgan fingerprint density at radius 1 is 1.09 bits per heavy atom. The van der Waals surface area contributed by atoms with Gasteiger partial charge in [0.25, 0.3) is 5.91 Å². The number of carbonyl (C=O) groups excluding carboxylic acids is 1. The maximum Gasteiger partial charge on any atom is 0.257 e. The van der Waals surface area contributed by atoms with Crippen molar-refractivity contribution < 1.29 is 9.53 Å². The van der Waals surface area contributed by atoms with Gasteiger partial charge in [0, 0.05) is 36.7 Å². The van der Waals surface area contributed by atoms with Crippen LogP contribution in [0.4, 0.5) is 11.4 Å². The lowest BCUT2D eigenvalue weighted by atomic mass is 10.2. The largest absolute Gasteiger partial charge is 0.378 e. The molecule has 1 saturated heterocycles. The lowest BCUT2D eigenvalue weighted by molar-refractivity contribution is 0.102. The zero-order chi connectivity index (χ0) is 15.4. The van der Waals surface area contributed by atoms with Gasteiger partial charge in [0.15, 0.2) is 0 Å². The van der Waals surface area contributed by atoms with Crippen LogP contribution in [-0.2, 0) is 4.74 Å². The summed E-state index contributed by atoms with van der Waals surface area (Å²) in [6.45, 7) is 3.24. The Morgan fingerprint density at radius 2 is 1.82 bits per heavy atom. The molecule has 1 aromatic carbocycles. The number of nitrogens with zero attached hydrogens (tertiary/aromatic N) is 1. The van der Waals surface area contributed by atoms with Crippen molar-refractivity contribution in [2.24, 2.45) is 0 Å². The number of anilines is 2. The molecule has 1 amide bonds. The van der Waals surface area contributed by atoms with Crippen LogP contribution in [0.1, 0.15) is 10.4 Å². The first kappa shape index (κ1) is 14.3. The number of aromatic amines is 1. The molecule has 114 valence electrons. The van der Waals surface area contributed by atoms with Crippen LogP contribution in [0.25, 0.3) is 0 Å². The summed E-state index contributed by atoms with van der Waals surface area (Å²) in [4.78, 5) is 27.8. The minimum atomic E-state index is -0.254. The molecule has 0 spiro atoms. The van der Waals surface area contributed by atoms with Crippen LogP contribution in [-0.4, -0.2) is 37.2 Å². The van der Waals surface area contributed by atoms with E-state index in [-0.39, 0.29) is 11.5 Å². The van der Waals surface area contributed by atoms with Gasteiger partial charge in [0.1, 0.15) is 0 Å². The second-order valence-electron chi connectivity index (χ2n) is 5.04. The third-order valence-corrected chi connectivity index (χ3v) is 3.55. The van der Waals surface area contributed by atoms with Crippen LogP contribution in [0.2, 0.25) is 0 Å². The Labute approximate surface area is 127 Å². The van der Waals surface area contributed by atoms with Crippen molar-refractivity contribution in [1.29, 1.82) is 0 Å². The van der Waals surface area contributed by atoms with E-state index in [0.29, 0.717) is 11.3 Å². The summed E-state index contributed by atoms with van der Waals surface area (Å²) in [6.07, 6.45) is 1.40. The molecular weight excluding hydrogens is 282 g/mol. The molecule has 2 aromatic rings. The molecule has 1 aromatic heterocycles. The van der Waals surface area contributed by atoms with Gasteiger partial charge in [-0.05, 0) is 30.3 Å². The highest BCUT2D eigenvalue weighted by molar-refractivity contribution is 6.04. The highest BCUT2D eigenvalue weighted by atomic mass is 16.5. The Balaban J connectivity index is 1.66. The number of rotatable bonds is 3. The zero-order valence-corrected chi connectivity index (χ0v) is 12.0. The molecule has 1 fully saturated rings. The van der Waals surface area contributed by atoms with Crippen LogP contribution in [0.15, 0.2) is 47.4 Å². The van der Waals surface area contributed by atoms with Gasteiger partial charge in [-0.25, -0.2) is 0 Å². The molecular formula is C16H17N3O3. The van der Waals surface area contributed by atoms with Crippen LogP contribution in [0.3, 0.4) is 0 Å². The number of benzene rings is 1. The molecule has 6 heteroatoms. The van der Waals surface area contributed by atoms with Crippen LogP contribution in [0, 0.1) is 0 Å². The predicted molar refractivity (Wildman–Crippen MR) is 84.5 cm³/mol. The number of aromatic nitrogens is 1. The molecule has 3 rings (SSSR count). The first-order chi connectivity index (χ1) is 10.7. The number of carbonyl (C=O) groups is 1. The third kappa shape index (κ3) is 3.35. The van der Waals surface area contributed by atoms with Gasteiger partial charge in [-0.2, -0.15) is 0 Å². The van der Waals surface area contributed by atoms with Crippen molar-refractivity contribution in [2.45, 2.75) is 0 Å². The molecule has 0 radical (unpaired) electrons. The summed E-state index contributed by atoms with van der Waals surface area (Å²) in [7, 11) is 0. The first-order valence-electron chi connectivity index (χ1n) is 7.15. The third-order valence-electron chi connectivity index (χ3n) is 3.55. The average Bonchev–Trinajstić information content (AvgIpc) is 2.57. The normalized spacial score (nSPS) is 14.6. The second-order valence-corrected chi connectivity index (χ2v) is 5.04. The van der Waals surface area contributed by atoms with Crippen molar-refractivity contribution in [3.63, 3.8) is 0 Å². The van der Waals surface area contributed by atoms with Gasteiger partial charge < -0.3 is 19.9 Å². The molecule has 22 heavy (non-hydrogen) atoms. The molecule has 1 aliphatic heterocycles. The number of ether oxygens (including phenoxy) is 1. The number of pyridine rings is 1. The van der Waals surface area contributed by atoms with Gasteiger partial charge in [0.2, 0.25) is 5.56 Å². The van der Waals surface area contributed by atoms with E-state index in [1.54, 1.807) is 0 Å². The molecule has 0 bridgehead atoms. The fraction of sp³-hybridized carbons (Fsp3) is 0.250. The van der Waals surface area contributed by atoms with Crippen molar-refractivity contribution >= 4 is 17.3 Å². The fourth-order valence-corrected chi connectivity index (χ4v) is 2.33. The molecule has 0 unspecified atom stereocenters. The predicted octanol–water partition coefficient (Wildman–Crippen LogP) is 1.46. The zero-order valence-electron chi connectivity index (χ0n) is 12.0. The number of hydrogen-bond donors (Lipinski definition) is 2. The van der Waals surface area contributed by atoms with Crippen molar-refractivity contribution in [1.82, 2.24) is 4.98 Å². The summed E-state index contributed by atoms with van der Waals surface area (Å²) in [5, 5.41) is 2.80. The van der Waals surface area contributed by atoms with Crippen LogP contribution in [0.5, 0.6) is 0 Å². The van der Waals surface area contributed by atoms with Gasteiger partial charge in [0.05, 0.1) is 18.8 Å². The number of morpholine rings is 1. The SMILES string of the molecule is O=C(Nc1ccc(N2CCOCC2)cc1)c1ccc(=O)[nH]c1. The number of hydrogen-bond acceptors (Lipinski definition) is 4. The second kappa shape index (κ2) is 6.44. The Kier molecular flexibility index (Phi) is 4.20. The number of nitrogens with one attached hydrogen (secondary N) is 2. The highest BCUT2D eigenvalue weighted by Gasteiger charge is 2.11. The van der Waals surface area contributed by atoms with E-state index in [4.69, 9.17) is 4.74 Å². The van der Waals surface area contributed by atoms with Gasteiger partial charge in [-0.3, -0.25) is 9.59 Å². The topological polar surface area (TPSA) is 74.4 Å². The van der Waals surface area contributed by atoms with E-state index in [1.807, 2.05) is 24.3 Å². The smallest absolute Gasteiger partial charge is 0.257 e. The molecule has 0 atom stereocenters. The van der Waals surface area contributed by atoms with Crippen LogP contribution < -0.4 is 15.8 Å². The fourth-order valence-electron chi connectivity index (χ4n) is 2.33. The first-order valence-corrected chi connectivity index (χ1v) is 7.15. The summed E-state index contributed by atoms with van der Waals surface area (Å²) < 4.78 is 5.33. The lowest BCUT2D eigenvalue weighted by Crippen LogP contribution is -2.36. The Hall–Kier alpha value is -2.60. The lowest BCUT2D eigenvalue weighted by Gasteiger charge is -2.28. The molecule has 1 aliphatic rings. The van der Waals surface area contributed by atoms with Gasteiger partial charge in [-0.15, -0.1) is 0 Å². The Morgan fingerprint density at radius 3 is 2.45 bits per heavy atom. The maximum absolute atomic E-state index is 12.1. The molecule has 2 N–H and O–H groups in total. The Bertz CT molecular complexity index is 683. The number of H-pyrrole nitrogens is 1. The number of amides is 1.